The van der Waals surface area contributed by atoms with Crippen molar-refractivity contribution in [1.29, 1.82) is 0 Å². The Morgan fingerprint density at radius 2 is 1.90 bits per heavy atom. The summed E-state index contributed by atoms with van der Waals surface area (Å²) in [6.07, 6.45) is -3.29. The molecule has 0 aliphatic carbocycles. The Balaban J connectivity index is 1.86. The molecule has 0 N–H and O–H groups in total. The number of carbonyl (C=O) groups is 2. The number of ether oxygens (including phenoxy) is 3. The molecule has 2 aliphatic heterocycles. The van der Waals surface area contributed by atoms with Crippen molar-refractivity contribution in [3.8, 4) is 5.75 Å². The molecule has 0 aromatic heterocycles. The summed E-state index contributed by atoms with van der Waals surface area (Å²) in [6.45, 7) is 1.84. The first-order valence-electron chi connectivity index (χ1n) is 9.56. The number of fused-ring (bicyclic) bond motifs is 3. The number of rotatable bonds is 3. The van der Waals surface area contributed by atoms with Gasteiger partial charge in [-0.2, -0.15) is 13.2 Å². The molecule has 2 aliphatic rings. The van der Waals surface area contributed by atoms with Gasteiger partial charge >= 0.3 is 18.1 Å². The molecule has 0 saturated carbocycles. The molecule has 160 valence electrons. The van der Waals surface area contributed by atoms with E-state index in [1.165, 1.54) is 12.1 Å². The molecule has 0 bridgehead atoms. The lowest BCUT2D eigenvalue weighted by Crippen LogP contribution is -2.29. The summed E-state index contributed by atoms with van der Waals surface area (Å²) < 4.78 is 55.4. The highest BCUT2D eigenvalue weighted by atomic mass is 19.4. The van der Waals surface area contributed by atoms with Crippen LogP contribution in [0.2, 0.25) is 0 Å². The van der Waals surface area contributed by atoms with Crippen molar-refractivity contribution >= 4 is 17.7 Å². The highest BCUT2D eigenvalue weighted by Gasteiger charge is 2.42. The van der Waals surface area contributed by atoms with E-state index in [0.717, 1.165) is 12.1 Å². The minimum atomic E-state index is -4.57. The van der Waals surface area contributed by atoms with Crippen LogP contribution in [0, 0.1) is 0 Å². The number of benzene rings is 2. The molecule has 2 aromatic rings. The van der Waals surface area contributed by atoms with E-state index in [9.17, 15) is 22.8 Å². The van der Waals surface area contributed by atoms with Crippen molar-refractivity contribution in [1.82, 2.24) is 0 Å². The van der Waals surface area contributed by atoms with E-state index in [4.69, 9.17) is 14.2 Å². The fourth-order valence-electron chi connectivity index (χ4n) is 3.64. The van der Waals surface area contributed by atoms with Gasteiger partial charge in [0.15, 0.2) is 0 Å². The van der Waals surface area contributed by atoms with Crippen LogP contribution in [0.25, 0.3) is 5.76 Å². The van der Waals surface area contributed by atoms with Gasteiger partial charge in [0.25, 0.3) is 0 Å². The van der Waals surface area contributed by atoms with Crippen LogP contribution in [0.5, 0.6) is 5.75 Å². The first-order valence-corrected chi connectivity index (χ1v) is 9.56. The summed E-state index contributed by atoms with van der Waals surface area (Å²) in [5.74, 6) is -1.75. The van der Waals surface area contributed by atoms with Gasteiger partial charge in [-0.15, -0.1) is 0 Å². The molecule has 0 spiro atoms. The summed E-state index contributed by atoms with van der Waals surface area (Å²) in [7, 11) is 0. The van der Waals surface area contributed by atoms with Crippen LogP contribution < -0.4 is 4.74 Å². The number of hydrogen-bond acceptors (Lipinski definition) is 5. The van der Waals surface area contributed by atoms with E-state index in [2.05, 4.69) is 0 Å². The summed E-state index contributed by atoms with van der Waals surface area (Å²) >= 11 is 0. The number of hydrogen-bond donors (Lipinski definition) is 0. The van der Waals surface area contributed by atoms with Gasteiger partial charge in [-0.05, 0) is 19.1 Å². The van der Waals surface area contributed by atoms with Crippen molar-refractivity contribution in [2.45, 2.75) is 25.4 Å². The summed E-state index contributed by atoms with van der Waals surface area (Å²) in [5, 5.41) is 0. The van der Waals surface area contributed by atoms with Gasteiger partial charge in [0.2, 0.25) is 0 Å². The maximum absolute atomic E-state index is 13.1. The molecule has 0 radical (unpaired) electrons. The Labute approximate surface area is 175 Å². The van der Waals surface area contributed by atoms with Gasteiger partial charge in [-0.3, -0.25) is 0 Å². The zero-order chi connectivity index (χ0) is 22.2. The molecule has 8 heteroatoms. The maximum Gasteiger partial charge on any atom is 0.416 e. The van der Waals surface area contributed by atoms with Crippen LogP contribution in [0.1, 0.15) is 36.0 Å². The fourth-order valence-corrected chi connectivity index (χ4v) is 3.64. The molecule has 2 aromatic carbocycles. The number of halogens is 3. The molecular weight excluding hydrogens is 413 g/mol. The highest BCUT2D eigenvalue weighted by Crippen LogP contribution is 2.49. The molecule has 4 rings (SSSR count). The largest absolute Gasteiger partial charge is 0.463 e. The van der Waals surface area contributed by atoms with E-state index >= 15 is 0 Å². The quantitative estimate of drug-likeness (QED) is 0.390. The monoisotopic (exact) mass is 430 g/mol. The second-order valence-corrected chi connectivity index (χ2v) is 6.97. The van der Waals surface area contributed by atoms with E-state index in [1.54, 1.807) is 37.3 Å². The lowest BCUT2D eigenvalue weighted by Gasteiger charge is -2.33. The molecule has 5 nitrogen and oxygen atoms in total. The minimum absolute atomic E-state index is 0.0952. The van der Waals surface area contributed by atoms with Crippen molar-refractivity contribution < 1.29 is 37.0 Å². The SMILES string of the molecule is CCOC(=O)/C=C1\CC2C(=C(c3ccccc3)O1)C(=O)Oc1cc(C(F)(F)F)ccc12. The second-order valence-electron chi connectivity index (χ2n) is 6.97. The summed E-state index contributed by atoms with van der Waals surface area (Å²) in [6, 6.07) is 11.8. The summed E-state index contributed by atoms with van der Waals surface area (Å²) in [5.41, 5.74) is 0.266. The predicted octanol–water partition coefficient (Wildman–Crippen LogP) is 4.99. The second kappa shape index (κ2) is 7.94. The van der Waals surface area contributed by atoms with Crippen LogP contribution in [-0.4, -0.2) is 18.5 Å². The Hall–Kier alpha value is -3.55. The number of carbonyl (C=O) groups excluding carboxylic acids is 2. The van der Waals surface area contributed by atoms with Gasteiger partial charge in [0.1, 0.15) is 17.3 Å². The van der Waals surface area contributed by atoms with Gasteiger partial charge in [-0.25, -0.2) is 9.59 Å². The van der Waals surface area contributed by atoms with Crippen LogP contribution in [0.3, 0.4) is 0 Å². The zero-order valence-corrected chi connectivity index (χ0v) is 16.4. The summed E-state index contributed by atoms with van der Waals surface area (Å²) in [4.78, 5) is 24.8. The molecule has 0 saturated heterocycles. The Bertz CT molecular complexity index is 1100. The molecule has 31 heavy (non-hydrogen) atoms. The Morgan fingerprint density at radius 1 is 1.16 bits per heavy atom. The first-order chi connectivity index (χ1) is 14.8. The van der Waals surface area contributed by atoms with Crippen molar-refractivity contribution in [3.05, 3.63) is 82.6 Å². The minimum Gasteiger partial charge on any atom is -0.463 e. The van der Waals surface area contributed by atoms with E-state index in [-0.39, 0.29) is 35.9 Å². The molecule has 2 heterocycles. The maximum atomic E-state index is 13.1. The van der Waals surface area contributed by atoms with Crippen LogP contribution in [0.15, 0.2) is 65.9 Å². The molecule has 0 amide bonds. The van der Waals surface area contributed by atoms with Crippen molar-refractivity contribution in [2.24, 2.45) is 0 Å². The molecule has 1 unspecified atom stereocenters. The van der Waals surface area contributed by atoms with E-state index in [1.807, 2.05) is 0 Å². The third kappa shape index (κ3) is 4.05. The Kier molecular flexibility index (Phi) is 5.31. The Morgan fingerprint density at radius 3 is 2.58 bits per heavy atom. The topological polar surface area (TPSA) is 61.8 Å². The van der Waals surface area contributed by atoms with Crippen LogP contribution in [0.4, 0.5) is 13.2 Å². The lowest BCUT2D eigenvalue weighted by atomic mass is 9.81. The molecule has 0 fully saturated rings. The zero-order valence-electron chi connectivity index (χ0n) is 16.4. The van der Waals surface area contributed by atoms with Gasteiger partial charge < -0.3 is 14.2 Å². The average molecular weight is 430 g/mol. The van der Waals surface area contributed by atoms with E-state index in [0.29, 0.717) is 11.1 Å². The van der Waals surface area contributed by atoms with Gasteiger partial charge in [-0.1, -0.05) is 36.4 Å². The number of alkyl halides is 3. The van der Waals surface area contributed by atoms with Crippen LogP contribution in [-0.2, 0) is 25.2 Å². The highest BCUT2D eigenvalue weighted by molar-refractivity contribution is 6.01. The number of esters is 2. The van der Waals surface area contributed by atoms with Gasteiger partial charge in [0.05, 0.1) is 23.8 Å². The van der Waals surface area contributed by atoms with Crippen LogP contribution >= 0.6 is 0 Å². The molecular formula is C23H17F3O5. The van der Waals surface area contributed by atoms with E-state index < -0.39 is 29.6 Å². The van der Waals surface area contributed by atoms with Gasteiger partial charge in [0, 0.05) is 23.5 Å². The third-order valence-corrected chi connectivity index (χ3v) is 4.97. The average Bonchev–Trinajstić information content (AvgIpc) is 2.73. The third-order valence-electron chi connectivity index (χ3n) is 4.97. The van der Waals surface area contributed by atoms with Crippen molar-refractivity contribution in [3.63, 3.8) is 0 Å². The van der Waals surface area contributed by atoms with Crippen molar-refractivity contribution in [2.75, 3.05) is 6.61 Å². The smallest absolute Gasteiger partial charge is 0.416 e. The normalized spacial score (nSPS) is 19.3. The standard InChI is InChI=1S/C23H17F3O5/c1-2-29-19(27)12-15-11-17-16-9-8-14(23(24,25)26)10-18(16)31-22(28)20(17)21(30-15)13-6-4-3-5-7-13/h3-10,12,17H,2,11H2,1H3/b15-12+. The molecule has 1 atom stereocenters. The lowest BCUT2D eigenvalue weighted by molar-refractivity contribution is -0.139. The number of allylic oxidation sites excluding steroid dienone is 1. The first kappa shape index (κ1) is 20.7. The fraction of sp³-hybridized carbons (Fsp3) is 0.217. The predicted molar refractivity (Wildman–Crippen MR) is 104 cm³/mol.